The lowest BCUT2D eigenvalue weighted by Gasteiger charge is -2.35. The number of nitrogens with one attached hydrogen (secondary N) is 1. The van der Waals surface area contributed by atoms with Gasteiger partial charge >= 0.3 is 0 Å². The Morgan fingerprint density at radius 2 is 2.00 bits per heavy atom. The summed E-state index contributed by atoms with van der Waals surface area (Å²) in [5.41, 5.74) is 0. The van der Waals surface area contributed by atoms with Gasteiger partial charge in [-0.05, 0) is 32.9 Å². The van der Waals surface area contributed by atoms with Crippen molar-refractivity contribution in [1.29, 1.82) is 0 Å². The second-order valence-electron chi connectivity index (χ2n) is 5.06. The summed E-state index contributed by atoms with van der Waals surface area (Å²) in [6.45, 7) is 7.61. The predicted octanol–water partition coefficient (Wildman–Crippen LogP) is 1.73. The van der Waals surface area contributed by atoms with E-state index in [0.29, 0.717) is 12.1 Å². The van der Waals surface area contributed by atoms with E-state index in [9.17, 15) is 0 Å². The van der Waals surface area contributed by atoms with Crippen LogP contribution >= 0.6 is 0 Å². The first-order valence-electron chi connectivity index (χ1n) is 6.64. The maximum absolute atomic E-state index is 5.41. The van der Waals surface area contributed by atoms with Crippen LogP contribution in [-0.2, 0) is 4.74 Å². The molecule has 0 aromatic rings. The molecule has 2 atom stereocenters. The number of likely N-dealkylation sites (N-methyl/N-ethyl adjacent to an activating group) is 2. The van der Waals surface area contributed by atoms with Crippen molar-refractivity contribution in [2.75, 3.05) is 33.9 Å². The molecule has 1 rings (SSSR count). The molecule has 1 aliphatic rings. The van der Waals surface area contributed by atoms with Crippen LogP contribution in [0.5, 0.6) is 0 Å². The summed E-state index contributed by atoms with van der Waals surface area (Å²) in [4.78, 5) is 2.51. The highest BCUT2D eigenvalue weighted by molar-refractivity contribution is 4.79. The molecule has 0 bridgehead atoms. The summed E-state index contributed by atoms with van der Waals surface area (Å²) in [6.07, 6.45) is 3.62. The molecule has 0 saturated carbocycles. The molecule has 0 radical (unpaired) electrons. The van der Waals surface area contributed by atoms with E-state index in [1.807, 2.05) is 0 Å². The first-order valence-corrected chi connectivity index (χ1v) is 6.64. The van der Waals surface area contributed by atoms with Gasteiger partial charge in [0.2, 0.25) is 0 Å². The Kier molecular flexibility index (Phi) is 6.32. The summed E-state index contributed by atoms with van der Waals surface area (Å²) in [6, 6.07) is 1.33. The molecular weight excluding hydrogens is 200 g/mol. The Morgan fingerprint density at radius 3 is 2.50 bits per heavy atom. The standard InChI is InChI=1S/C13H28N2O/c1-5-11(2)13(14-3)10-15(4)12-6-8-16-9-7-12/h11-14H,5-10H2,1-4H3. The summed E-state index contributed by atoms with van der Waals surface area (Å²) >= 11 is 0. The van der Waals surface area contributed by atoms with Crippen LogP contribution in [0.4, 0.5) is 0 Å². The molecule has 2 unspecified atom stereocenters. The molecule has 96 valence electrons. The molecule has 1 fully saturated rings. The van der Waals surface area contributed by atoms with E-state index in [1.165, 1.54) is 19.3 Å². The van der Waals surface area contributed by atoms with Gasteiger partial charge in [-0.3, -0.25) is 0 Å². The van der Waals surface area contributed by atoms with Gasteiger partial charge in [-0.15, -0.1) is 0 Å². The van der Waals surface area contributed by atoms with Crippen LogP contribution in [0, 0.1) is 5.92 Å². The van der Waals surface area contributed by atoms with Gasteiger partial charge in [0.1, 0.15) is 0 Å². The third-order valence-electron chi connectivity index (χ3n) is 4.00. The molecule has 0 aliphatic carbocycles. The average Bonchev–Trinajstić information content (AvgIpc) is 2.35. The zero-order valence-electron chi connectivity index (χ0n) is 11.3. The molecule has 1 aliphatic heterocycles. The molecule has 0 aromatic heterocycles. The molecule has 3 nitrogen and oxygen atoms in total. The fourth-order valence-corrected chi connectivity index (χ4v) is 2.43. The van der Waals surface area contributed by atoms with Crippen molar-refractivity contribution in [1.82, 2.24) is 10.2 Å². The monoisotopic (exact) mass is 228 g/mol. The van der Waals surface area contributed by atoms with Gasteiger partial charge in [0.05, 0.1) is 0 Å². The lowest BCUT2D eigenvalue weighted by atomic mass is 9.97. The van der Waals surface area contributed by atoms with Gasteiger partial charge in [-0.2, -0.15) is 0 Å². The molecule has 1 heterocycles. The predicted molar refractivity (Wildman–Crippen MR) is 68.8 cm³/mol. The molecule has 16 heavy (non-hydrogen) atoms. The normalized spacial score (nSPS) is 22.3. The van der Waals surface area contributed by atoms with Gasteiger partial charge in [-0.25, -0.2) is 0 Å². The van der Waals surface area contributed by atoms with Gasteiger partial charge < -0.3 is 15.0 Å². The van der Waals surface area contributed by atoms with Crippen molar-refractivity contribution < 1.29 is 4.74 Å². The highest BCUT2D eigenvalue weighted by atomic mass is 16.5. The van der Waals surface area contributed by atoms with Crippen LogP contribution in [0.1, 0.15) is 33.1 Å². The molecular formula is C13H28N2O. The molecule has 1 N–H and O–H groups in total. The van der Waals surface area contributed by atoms with E-state index >= 15 is 0 Å². The zero-order chi connectivity index (χ0) is 12.0. The smallest absolute Gasteiger partial charge is 0.0480 e. The second-order valence-corrected chi connectivity index (χ2v) is 5.06. The quantitative estimate of drug-likeness (QED) is 0.749. The van der Waals surface area contributed by atoms with Crippen molar-refractivity contribution in [3.05, 3.63) is 0 Å². The highest BCUT2D eigenvalue weighted by Gasteiger charge is 2.22. The minimum absolute atomic E-state index is 0.609. The van der Waals surface area contributed by atoms with E-state index in [1.54, 1.807) is 0 Å². The number of rotatable bonds is 6. The molecule has 0 amide bonds. The van der Waals surface area contributed by atoms with Crippen molar-refractivity contribution >= 4 is 0 Å². The van der Waals surface area contributed by atoms with Gasteiger partial charge in [0, 0.05) is 31.8 Å². The first kappa shape index (κ1) is 13.9. The maximum Gasteiger partial charge on any atom is 0.0480 e. The van der Waals surface area contributed by atoms with E-state index in [0.717, 1.165) is 25.7 Å². The average molecular weight is 228 g/mol. The number of hydrogen-bond acceptors (Lipinski definition) is 3. The van der Waals surface area contributed by atoms with E-state index in [-0.39, 0.29) is 0 Å². The minimum atomic E-state index is 0.609. The summed E-state index contributed by atoms with van der Waals surface area (Å²) in [7, 11) is 4.33. The van der Waals surface area contributed by atoms with Crippen LogP contribution < -0.4 is 5.32 Å². The van der Waals surface area contributed by atoms with E-state index in [4.69, 9.17) is 4.74 Å². The van der Waals surface area contributed by atoms with Crippen LogP contribution in [0.15, 0.2) is 0 Å². The van der Waals surface area contributed by atoms with E-state index < -0.39 is 0 Å². The molecule has 1 saturated heterocycles. The largest absolute Gasteiger partial charge is 0.381 e. The fourth-order valence-electron chi connectivity index (χ4n) is 2.43. The summed E-state index contributed by atoms with van der Waals surface area (Å²) in [5.74, 6) is 0.743. The van der Waals surface area contributed by atoms with Crippen molar-refractivity contribution in [3.8, 4) is 0 Å². The number of nitrogens with zero attached hydrogens (tertiary/aromatic N) is 1. The Hall–Kier alpha value is -0.120. The summed E-state index contributed by atoms with van der Waals surface area (Å²) in [5, 5.41) is 3.45. The Bertz CT molecular complexity index is 181. The van der Waals surface area contributed by atoms with Gasteiger partial charge in [0.15, 0.2) is 0 Å². The van der Waals surface area contributed by atoms with Gasteiger partial charge in [-0.1, -0.05) is 20.3 Å². The lowest BCUT2D eigenvalue weighted by Crippen LogP contribution is -2.46. The molecule has 0 spiro atoms. The van der Waals surface area contributed by atoms with Crippen LogP contribution in [-0.4, -0.2) is 50.8 Å². The van der Waals surface area contributed by atoms with Crippen LogP contribution in [0.3, 0.4) is 0 Å². The molecule has 0 aromatic carbocycles. The maximum atomic E-state index is 5.41. The fraction of sp³-hybridized carbons (Fsp3) is 1.00. The highest BCUT2D eigenvalue weighted by Crippen LogP contribution is 2.15. The van der Waals surface area contributed by atoms with Crippen molar-refractivity contribution in [2.24, 2.45) is 5.92 Å². The topological polar surface area (TPSA) is 24.5 Å². The Labute approximate surface area is 101 Å². The van der Waals surface area contributed by atoms with Crippen LogP contribution in [0.2, 0.25) is 0 Å². The minimum Gasteiger partial charge on any atom is -0.381 e. The Balaban J connectivity index is 2.37. The number of hydrogen-bond donors (Lipinski definition) is 1. The van der Waals surface area contributed by atoms with Gasteiger partial charge in [0.25, 0.3) is 0 Å². The molecule has 3 heteroatoms. The summed E-state index contributed by atoms with van der Waals surface area (Å²) < 4.78 is 5.41. The second kappa shape index (κ2) is 7.25. The lowest BCUT2D eigenvalue weighted by molar-refractivity contribution is 0.0384. The van der Waals surface area contributed by atoms with Crippen molar-refractivity contribution in [2.45, 2.75) is 45.2 Å². The first-order chi connectivity index (χ1) is 7.69. The SMILES string of the molecule is CCC(C)C(CN(C)C1CCOCC1)NC. The third kappa shape index (κ3) is 4.04. The van der Waals surface area contributed by atoms with Crippen LogP contribution in [0.25, 0.3) is 0 Å². The van der Waals surface area contributed by atoms with E-state index in [2.05, 4.69) is 38.2 Å². The Morgan fingerprint density at radius 1 is 1.38 bits per heavy atom. The zero-order valence-corrected chi connectivity index (χ0v) is 11.3. The third-order valence-corrected chi connectivity index (χ3v) is 4.00. The van der Waals surface area contributed by atoms with Crippen molar-refractivity contribution in [3.63, 3.8) is 0 Å². The number of ether oxygens (including phenoxy) is 1.